The number of aliphatic hydroxyl groups is 2. The summed E-state index contributed by atoms with van der Waals surface area (Å²) in [6.45, 7) is 4.35. The summed E-state index contributed by atoms with van der Waals surface area (Å²) in [6, 6.07) is 0. The van der Waals surface area contributed by atoms with Gasteiger partial charge in [-0.2, -0.15) is 0 Å². The SMILES string of the molecule is CCCCCC(O)/C=C/C1C(C)CC(O)C1C/C=C/CCCC(=O)OC. The summed E-state index contributed by atoms with van der Waals surface area (Å²) in [5.41, 5.74) is 0. The Labute approximate surface area is 159 Å². The number of carbonyl (C=O) groups excluding carboxylic acids is 1. The van der Waals surface area contributed by atoms with E-state index in [-0.39, 0.29) is 24.1 Å². The fraction of sp³-hybridized carbons (Fsp3) is 0.773. The van der Waals surface area contributed by atoms with Crippen molar-refractivity contribution in [2.45, 2.75) is 83.8 Å². The van der Waals surface area contributed by atoms with Crippen LogP contribution in [-0.2, 0) is 9.53 Å². The van der Waals surface area contributed by atoms with Crippen molar-refractivity contribution in [3.05, 3.63) is 24.3 Å². The molecule has 2 N–H and O–H groups in total. The molecule has 150 valence electrons. The van der Waals surface area contributed by atoms with E-state index in [0.29, 0.717) is 18.3 Å². The molecule has 1 aliphatic carbocycles. The Morgan fingerprint density at radius 3 is 2.73 bits per heavy atom. The van der Waals surface area contributed by atoms with E-state index in [4.69, 9.17) is 0 Å². The highest BCUT2D eigenvalue weighted by Crippen LogP contribution is 2.40. The molecule has 0 amide bonds. The fourth-order valence-corrected chi connectivity index (χ4v) is 3.83. The summed E-state index contributed by atoms with van der Waals surface area (Å²) in [7, 11) is 1.41. The normalized spacial score (nSPS) is 27.4. The lowest BCUT2D eigenvalue weighted by Gasteiger charge is -2.20. The second-order valence-corrected chi connectivity index (χ2v) is 7.65. The van der Waals surface area contributed by atoms with Crippen LogP contribution in [0.5, 0.6) is 0 Å². The van der Waals surface area contributed by atoms with Crippen molar-refractivity contribution in [3.8, 4) is 0 Å². The molecule has 1 rings (SSSR count). The van der Waals surface area contributed by atoms with Crippen molar-refractivity contribution in [2.24, 2.45) is 17.8 Å². The predicted octanol–water partition coefficient (Wildman–Crippen LogP) is 4.41. The van der Waals surface area contributed by atoms with E-state index in [1.54, 1.807) is 0 Å². The molecule has 0 heterocycles. The van der Waals surface area contributed by atoms with E-state index in [1.807, 2.05) is 6.08 Å². The van der Waals surface area contributed by atoms with E-state index in [1.165, 1.54) is 7.11 Å². The molecule has 4 nitrogen and oxygen atoms in total. The number of esters is 1. The monoisotopic (exact) mass is 366 g/mol. The smallest absolute Gasteiger partial charge is 0.305 e. The van der Waals surface area contributed by atoms with Crippen molar-refractivity contribution >= 4 is 5.97 Å². The molecule has 0 bridgehead atoms. The molecule has 0 aromatic rings. The summed E-state index contributed by atoms with van der Waals surface area (Å²) in [5, 5.41) is 20.5. The van der Waals surface area contributed by atoms with Crippen LogP contribution in [0.1, 0.15) is 71.6 Å². The molecular formula is C22H38O4. The Morgan fingerprint density at radius 1 is 1.27 bits per heavy atom. The number of unbranched alkanes of at least 4 members (excludes halogenated alkanes) is 3. The predicted molar refractivity (Wildman–Crippen MR) is 106 cm³/mol. The Kier molecular flexibility index (Phi) is 11.5. The topological polar surface area (TPSA) is 66.8 Å². The first kappa shape index (κ1) is 22.9. The lowest BCUT2D eigenvalue weighted by atomic mass is 9.86. The number of methoxy groups -OCH3 is 1. The van der Waals surface area contributed by atoms with Crippen LogP contribution in [0.15, 0.2) is 24.3 Å². The zero-order chi connectivity index (χ0) is 19.4. The van der Waals surface area contributed by atoms with Crippen LogP contribution in [0.4, 0.5) is 0 Å². The van der Waals surface area contributed by atoms with Gasteiger partial charge in [0, 0.05) is 6.42 Å². The third-order valence-electron chi connectivity index (χ3n) is 5.47. The molecular weight excluding hydrogens is 328 g/mol. The molecule has 1 saturated carbocycles. The number of rotatable bonds is 12. The van der Waals surface area contributed by atoms with E-state index < -0.39 is 0 Å². The third-order valence-corrected chi connectivity index (χ3v) is 5.47. The number of aliphatic hydroxyl groups excluding tert-OH is 2. The molecule has 0 radical (unpaired) electrons. The Bertz CT molecular complexity index is 443. The van der Waals surface area contributed by atoms with Gasteiger partial charge in [-0.25, -0.2) is 0 Å². The van der Waals surface area contributed by atoms with Gasteiger partial charge in [0.25, 0.3) is 0 Å². The lowest BCUT2D eigenvalue weighted by molar-refractivity contribution is -0.140. The highest BCUT2D eigenvalue weighted by Gasteiger charge is 2.37. The highest BCUT2D eigenvalue weighted by molar-refractivity contribution is 5.69. The zero-order valence-corrected chi connectivity index (χ0v) is 16.8. The van der Waals surface area contributed by atoms with Gasteiger partial charge in [0.15, 0.2) is 0 Å². The second kappa shape index (κ2) is 13.1. The Hall–Kier alpha value is -1.13. The van der Waals surface area contributed by atoms with Gasteiger partial charge in [0.1, 0.15) is 0 Å². The quantitative estimate of drug-likeness (QED) is 0.305. The van der Waals surface area contributed by atoms with E-state index >= 15 is 0 Å². The molecule has 1 fully saturated rings. The number of allylic oxidation sites excluding steroid dienone is 3. The maximum absolute atomic E-state index is 11.1. The molecule has 4 heteroatoms. The van der Waals surface area contributed by atoms with E-state index in [2.05, 4.69) is 36.8 Å². The standard InChI is InChI=1S/C22H38O4/c1-4-5-8-11-18(23)14-15-19-17(2)16-21(24)20(19)12-9-6-7-10-13-22(25)26-3/h6,9,14-15,17-21,23-24H,4-5,7-8,10-13,16H2,1-3H3/b9-6+,15-14+. The van der Waals surface area contributed by atoms with Crippen molar-refractivity contribution in [1.82, 2.24) is 0 Å². The molecule has 0 saturated heterocycles. The average molecular weight is 367 g/mol. The van der Waals surface area contributed by atoms with Crippen LogP contribution >= 0.6 is 0 Å². The largest absolute Gasteiger partial charge is 0.469 e. The summed E-state index contributed by atoms with van der Waals surface area (Å²) < 4.78 is 4.63. The average Bonchev–Trinajstić information content (AvgIpc) is 2.89. The second-order valence-electron chi connectivity index (χ2n) is 7.65. The summed E-state index contributed by atoms with van der Waals surface area (Å²) >= 11 is 0. The van der Waals surface area contributed by atoms with Gasteiger partial charge in [-0.3, -0.25) is 4.79 Å². The summed E-state index contributed by atoms with van der Waals surface area (Å²) in [6.07, 6.45) is 15.6. The molecule has 5 atom stereocenters. The van der Waals surface area contributed by atoms with Gasteiger partial charge in [-0.1, -0.05) is 57.4 Å². The van der Waals surface area contributed by atoms with Crippen LogP contribution in [0.25, 0.3) is 0 Å². The zero-order valence-electron chi connectivity index (χ0n) is 16.8. The van der Waals surface area contributed by atoms with Crippen molar-refractivity contribution in [1.29, 1.82) is 0 Å². The molecule has 1 aliphatic rings. The maximum Gasteiger partial charge on any atom is 0.305 e. The molecule has 5 unspecified atom stereocenters. The summed E-state index contributed by atoms with van der Waals surface area (Å²) in [4.78, 5) is 11.1. The molecule has 0 aliphatic heterocycles. The fourth-order valence-electron chi connectivity index (χ4n) is 3.83. The van der Waals surface area contributed by atoms with Crippen molar-refractivity contribution < 1.29 is 19.7 Å². The molecule has 0 aromatic carbocycles. The number of ether oxygens (including phenoxy) is 1. The van der Waals surface area contributed by atoms with Crippen LogP contribution in [0.2, 0.25) is 0 Å². The minimum atomic E-state index is -0.374. The van der Waals surface area contributed by atoms with Gasteiger partial charge >= 0.3 is 5.97 Å². The van der Waals surface area contributed by atoms with E-state index in [0.717, 1.165) is 51.4 Å². The first-order valence-electron chi connectivity index (χ1n) is 10.3. The van der Waals surface area contributed by atoms with Gasteiger partial charge in [-0.15, -0.1) is 0 Å². The van der Waals surface area contributed by atoms with Crippen LogP contribution in [0, 0.1) is 17.8 Å². The molecule has 0 spiro atoms. The highest BCUT2D eigenvalue weighted by atomic mass is 16.5. The Balaban J connectivity index is 2.44. The number of hydrogen-bond donors (Lipinski definition) is 2. The number of carbonyl (C=O) groups is 1. The number of hydrogen-bond acceptors (Lipinski definition) is 4. The van der Waals surface area contributed by atoms with Crippen molar-refractivity contribution in [2.75, 3.05) is 7.11 Å². The van der Waals surface area contributed by atoms with Crippen molar-refractivity contribution in [3.63, 3.8) is 0 Å². The van der Waals surface area contributed by atoms with Crippen LogP contribution in [0.3, 0.4) is 0 Å². The van der Waals surface area contributed by atoms with Gasteiger partial charge in [0.2, 0.25) is 0 Å². The third kappa shape index (κ3) is 8.50. The molecule has 0 aromatic heterocycles. The van der Waals surface area contributed by atoms with Gasteiger partial charge in [-0.05, 0) is 49.9 Å². The Morgan fingerprint density at radius 2 is 2.04 bits per heavy atom. The lowest BCUT2D eigenvalue weighted by Crippen LogP contribution is -2.18. The first-order chi connectivity index (χ1) is 12.5. The minimum absolute atomic E-state index is 0.166. The van der Waals surface area contributed by atoms with Crippen LogP contribution < -0.4 is 0 Å². The van der Waals surface area contributed by atoms with Gasteiger partial charge in [0.05, 0.1) is 19.3 Å². The summed E-state index contributed by atoms with van der Waals surface area (Å²) in [5.74, 6) is 0.787. The molecule has 26 heavy (non-hydrogen) atoms. The minimum Gasteiger partial charge on any atom is -0.469 e. The van der Waals surface area contributed by atoms with Crippen LogP contribution in [-0.4, -0.2) is 35.5 Å². The first-order valence-corrected chi connectivity index (χ1v) is 10.3. The van der Waals surface area contributed by atoms with Gasteiger partial charge < -0.3 is 14.9 Å². The maximum atomic E-state index is 11.1. The van der Waals surface area contributed by atoms with E-state index in [9.17, 15) is 15.0 Å².